The van der Waals surface area contributed by atoms with Gasteiger partial charge in [-0.05, 0) is 43.4 Å². The molecule has 0 spiro atoms. The molecule has 188 valence electrons. The second-order valence-corrected chi connectivity index (χ2v) is 10.4. The minimum atomic E-state index is -0.797. The topological polar surface area (TPSA) is 112 Å². The molecule has 1 aromatic heterocycles. The number of nitrogens with one attached hydrogen (secondary N) is 2. The van der Waals surface area contributed by atoms with Crippen molar-refractivity contribution in [2.24, 2.45) is 0 Å². The average molecular weight is 499 g/mol. The van der Waals surface area contributed by atoms with Gasteiger partial charge in [0, 0.05) is 36.5 Å². The molecule has 4 rings (SSSR count). The number of carbonyl (C=O) groups excluding carboxylic acids is 3. The predicted molar refractivity (Wildman–Crippen MR) is 135 cm³/mol. The first-order valence-electron chi connectivity index (χ1n) is 12.6. The van der Waals surface area contributed by atoms with E-state index in [9.17, 15) is 19.5 Å². The number of hydrogen-bond donors (Lipinski definition) is 3. The molecular weight excluding hydrogens is 464 g/mol. The first-order chi connectivity index (χ1) is 17.0. The van der Waals surface area contributed by atoms with Gasteiger partial charge >= 0.3 is 0 Å². The number of aromatic nitrogens is 1. The van der Waals surface area contributed by atoms with Gasteiger partial charge in [-0.1, -0.05) is 44.2 Å². The van der Waals surface area contributed by atoms with Crippen molar-refractivity contribution in [3.63, 3.8) is 0 Å². The molecule has 0 saturated heterocycles. The third kappa shape index (κ3) is 6.81. The minimum absolute atomic E-state index is 0.0129. The summed E-state index contributed by atoms with van der Waals surface area (Å²) in [7, 11) is 0. The lowest BCUT2D eigenvalue weighted by atomic mass is 9.91. The van der Waals surface area contributed by atoms with Crippen LogP contribution >= 0.6 is 11.3 Å². The lowest BCUT2D eigenvalue weighted by molar-refractivity contribution is -0.145. The Morgan fingerprint density at radius 2 is 1.69 bits per heavy atom. The van der Waals surface area contributed by atoms with Crippen LogP contribution < -0.4 is 10.6 Å². The van der Waals surface area contributed by atoms with Crippen LogP contribution in [0.1, 0.15) is 82.2 Å². The number of amides is 3. The van der Waals surface area contributed by atoms with Crippen molar-refractivity contribution in [2.75, 3.05) is 5.32 Å². The molecule has 0 aliphatic heterocycles. The third-order valence-electron chi connectivity index (χ3n) is 6.94. The van der Waals surface area contributed by atoms with E-state index in [4.69, 9.17) is 0 Å². The fourth-order valence-corrected chi connectivity index (χ4v) is 5.72. The number of phenols is 1. The summed E-state index contributed by atoms with van der Waals surface area (Å²) in [4.78, 5) is 45.6. The number of nitrogens with zero attached hydrogens (tertiary/aromatic N) is 2. The number of hydrogen-bond acceptors (Lipinski definition) is 6. The molecule has 0 bridgehead atoms. The van der Waals surface area contributed by atoms with E-state index in [0.29, 0.717) is 10.7 Å². The van der Waals surface area contributed by atoms with Gasteiger partial charge < -0.3 is 20.6 Å². The molecule has 9 heteroatoms. The van der Waals surface area contributed by atoms with Crippen LogP contribution in [0.2, 0.25) is 0 Å². The van der Waals surface area contributed by atoms with Gasteiger partial charge in [0.1, 0.15) is 11.8 Å². The van der Waals surface area contributed by atoms with Gasteiger partial charge in [-0.2, -0.15) is 0 Å². The molecule has 2 saturated carbocycles. The van der Waals surface area contributed by atoms with E-state index in [2.05, 4.69) is 15.6 Å². The molecule has 8 nitrogen and oxygen atoms in total. The molecule has 0 unspecified atom stereocenters. The van der Waals surface area contributed by atoms with E-state index >= 15 is 0 Å². The van der Waals surface area contributed by atoms with Gasteiger partial charge in [-0.3, -0.25) is 14.4 Å². The molecule has 2 aliphatic rings. The van der Waals surface area contributed by atoms with Crippen LogP contribution in [0, 0.1) is 0 Å². The summed E-state index contributed by atoms with van der Waals surface area (Å²) in [5.74, 6) is -0.550. The van der Waals surface area contributed by atoms with Crippen LogP contribution in [0.15, 0.2) is 35.8 Å². The SMILES string of the molecule is O=C(CCC(=O)N(C1CCCCC1)[C@@H](C(=O)NC1CCCC1)c1ccc(O)cc1)Nc1nccs1. The first kappa shape index (κ1) is 25.2. The van der Waals surface area contributed by atoms with Crippen molar-refractivity contribution in [1.82, 2.24) is 15.2 Å². The molecule has 2 aliphatic carbocycles. The smallest absolute Gasteiger partial charge is 0.247 e. The van der Waals surface area contributed by atoms with E-state index < -0.39 is 6.04 Å². The second-order valence-electron chi connectivity index (χ2n) is 9.46. The summed E-state index contributed by atoms with van der Waals surface area (Å²) in [5.41, 5.74) is 0.671. The highest BCUT2D eigenvalue weighted by Gasteiger charge is 2.37. The van der Waals surface area contributed by atoms with Gasteiger partial charge in [0.2, 0.25) is 17.7 Å². The van der Waals surface area contributed by atoms with Crippen molar-refractivity contribution in [3.05, 3.63) is 41.4 Å². The fourth-order valence-electron chi connectivity index (χ4n) is 5.18. The largest absolute Gasteiger partial charge is 0.508 e. The first-order valence-corrected chi connectivity index (χ1v) is 13.5. The van der Waals surface area contributed by atoms with Crippen molar-refractivity contribution >= 4 is 34.2 Å². The highest BCUT2D eigenvalue weighted by Crippen LogP contribution is 2.33. The summed E-state index contributed by atoms with van der Waals surface area (Å²) in [5, 5.41) is 18.0. The predicted octanol–water partition coefficient (Wildman–Crippen LogP) is 4.53. The maximum absolute atomic E-state index is 13.7. The number of aromatic hydroxyl groups is 1. The van der Waals surface area contributed by atoms with Gasteiger partial charge in [0.15, 0.2) is 5.13 Å². The van der Waals surface area contributed by atoms with Crippen LogP contribution in [-0.4, -0.2) is 44.8 Å². The van der Waals surface area contributed by atoms with Crippen molar-refractivity contribution in [2.45, 2.75) is 88.8 Å². The van der Waals surface area contributed by atoms with E-state index in [-0.39, 0.29) is 48.4 Å². The number of benzene rings is 1. The lowest BCUT2D eigenvalue weighted by Gasteiger charge is -2.40. The third-order valence-corrected chi connectivity index (χ3v) is 7.63. The summed E-state index contributed by atoms with van der Waals surface area (Å²) >= 11 is 1.32. The maximum atomic E-state index is 13.7. The zero-order valence-electron chi connectivity index (χ0n) is 19.9. The Labute approximate surface area is 210 Å². The highest BCUT2D eigenvalue weighted by molar-refractivity contribution is 7.13. The van der Waals surface area contributed by atoms with Crippen molar-refractivity contribution < 1.29 is 19.5 Å². The number of phenolic OH excluding ortho intramolecular Hbond substituents is 1. The summed E-state index contributed by atoms with van der Waals surface area (Å²) in [6.45, 7) is 0. The quantitative estimate of drug-likeness (QED) is 0.470. The summed E-state index contributed by atoms with van der Waals surface area (Å²) in [6.07, 6.45) is 10.5. The Morgan fingerprint density at radius 3 is 2.34 bits per heavy atom. The summed E-state index contributed by atoms with van der Waals surface area (Å²) in [6, 6.07) is 5.79. The Morgan fingerprint density at radius 1 is 1.00 bits per heavy atom. The minimum Gasteiger partial charge on any atom is -0.508 e. The number of rotatable bonds is 9. The Kier molecular flexibility index (Phi) is 8.74. The maximum Gasteiger partial charge on any atom is 0.247 e. The molecule has 2 fully saturated rings. The molecule has 2 aromatic rings. The normalized spacial score (nSPS) is 17.6. The van der Waals surface area contributed by atoms with E-state index in [0.717, 1.165) is 57.8 Å². The van der Waals surface area contributed by atoms with Crippen LogP contribution in [0.25, 0.3) is 0 Å². The zero-order chi connectivity index (χ0) is 24.6. The Bertz CT molecular complexity index is 983. The van der Waals surface area contributed by atoms with Crippen LogP contribution in [0.4, 0.5) is 5.13 Å². The van der Waals surface area contributed by atoms with Gasteiger partial charge in [-0.25, -0.2) is 4.98 Å². The molecule has 0 radical (unpaired) electrons. The van der Waals surface area contributed by atoms with Gasteiger partial charge in [-0.15, -0.1) is 11.3 Å². The molecule has 1 aromatic carbocycles. The number of thiazole rings is 1. The zero-order valence-corrected chi connectivity index (χ0v) is 20.8. The lowest BCUT2D eigenvalue weighted by Crippen LogP contribution is -2.50. The molecule has 1 atom stereocenters. The highest BCUT2D eigenvalue weighted by atomic mass is 32.1. The van der Waals surface area contributed by atoms with Gasteiger partial charge in [0.25, 0.3) is 0 Å². The van der Waals surface area contributed by atoms with Crippen LogP contribution in [-0.2, 0) is 14.4 Å². The van der Waals surface area contributed by atoms with E-state index in [1.165, 1.54) is 11.3 Å². The van der Waals surface area contributed by atoms with Gasteiger partial charge in [0.05, 0.1) is 0 Å². The van der Waals surface area contributed by atoms with Crippen LogP contribution in [0.5, 0.6) is 5.75 Å². The summed E-state index contributed by atoms with van der Waals surface area (Å²) < 4.78 is 0. The van der Waals surface area contributed by atoms with Crippen molar-refractivity contribution in [3.8, 4) is 5.75 Å². The molecule has 3 N–H and O–H groups in total. The fraction of sp³-hybridized carbons (Fsp3) is 0.538. The van der Waals surface area contributed by atoms with E-state index in [1.807, 2.05) is 0 Å². The van der Waals surface area contributed by atoms with Crippen LogP contribution in [0.3, 0.4) is 0 Å². The molecular formula is C26H34N4O4S. The number of carbonyl (C=O) groups is 3. The molecule has 3 amide bonds. The Balaban J connectivity index is 1.56. The Hall–Kier alpha value is -2.94. The average Bonchev–Trinajstić information content (AvgIpc) is 3.57. The van der Waals surface area contributed by atoms with Crippen molar-refractivity contribution in [1.29, 1.82) is 0 Å². The molecule has 35 heavy (non-hydrogen) atoms. The second kappa shape index (κ2) is 12.2. The number of anilines is 1. The van der Waals surface area contributed by atoms with E-state index in [1.54, 1.807) is 40.7 Å². The monoisotopic (exact) mass is 498 g/mol. The standard InChI is InChI=1S/C26H34N4O4S/c31-21-12-10-18(11-13-21)24(25(34)28-19-6-4-5-7-19)30(20-8-2-1-3-9-20)23(33)15-14-22(32)29-26-27-16-17-35-26/h10-13,16-17,19-20,24,31H,1-9,14-15H2,(H,28,34)(H,27,29,32)/t24-/m1/s1. The molecule has 1 heterocycles.